The van der Waals surface area contributed by atoms with Crippen LogP contribution in [0.5, 0.6) is 0 Å². The normalized spacial score (nSPS) is 13.2. The molecule has 0 unspecified atom stereocenters. The van der Waals surface area contributed by atoms with E-state index in [0.717, 1.165) is 11.1 Å². The Hall–Kier alpha value is -2.37. The van der Waals surface area contributed by atoms with Crippen LogP contribution in [0.25, 0.3) is 0 Å². The van der Waals surface area contributed by atoms with Crippen molar-refractivity contribution < 1.29 is 9.59 Å². The van der Waals surface area contributed by atoms with Gasteiger partial charge in [0, 0.05) is 17.1 Å². The van der Waals surface area contributed by atoms with E-state index in [1.165, 1.54) is 0 Å². The highest BCUT2D eigenvalue weighted by molar-refractivity contribution is 6.31. The first-order valence-corrected chi connectivity index (χ1v) is 10.1. The molecule has 2 atom stereocenters. The number of amides is 2. The fraction of sp³-hybridized carbons (Fsp3) is 0.391. The Morgan fingerprint density at radius 2 is 1.66 bits per heavy atom. The fourth-order valence-electron chi connectivity index (χ4n) is 3.09. The third kappa shape index (κ3) is 6.31. The first kappa shape index (κ1) is 22.9. The third-order valence-corrected chi connectivity index (χ3v) is 5.25. The number of hydrogen-bond donors (Lipinski definition) is 2. The van der Waals surface area contributed by atoms with Crippen LogP contribution in [-0.2, 0) is 4.79 Å². The van der Waals surface area contributed by atoms with Crippen molar-refractivity contribution in [3.8, 4) is 0 Å². The quantitative estimate of drug-likeness (QED) is 0.688. The van der Waals surface area contributed by atoms with Gasteiger partial charge in [0.25, 0.3) is 5.91 Å². The van der Waals surface area contributed by atoms with Crippen LogP contribution >= 0.6 is 11.6 Å². The minimum atomic E-state index is -0.627. The van der Waals surface area contributed by atoms with E-state index < -0.39 is 6.04 Å². The highest BCUT2D eigenvalue weighted by Crippen LogP contribution is 2.25. The molecule has 29 heavy (non-hydrogen) atoms. The highest BCUT2D eigenvalue weighted by atomic mass is 35.5. The standard InChI is InChI=1S/C23H30ClN3O2/c1-15(2)21(26-22(28)17-12-10-16(3)11-13-17)23(29)25-14-20(27(4)5)18-8-6-7-9-19(18)24/h6-13,15,20-21H,14H2,1-5H3,(H,25,29)(H,26,28)/t20-,21+/m0/s1. The largest absolute Gasteiger partial charge is 0.352 e. The van der Waals surface area contributed by atoms with Crippen LogP contribution in [0.4, 0.5) is 0 Å². The molecule has 0 spiro atoms. The Bertz CT molecular complexity index is 834. The van der Waals surface area contributed by atoms with E-state index in [0.29, 0.717) is 17.1 Å². The average Bonchev–Trinajstić information content (AvgIpc) is 2.67. The zero-order valence-corrected chi connectivity index (χ0v) is 18.5. The molecule has 0 radical (unpaired) electrons. The number of rotatable bonds is 8. The van der Waals surface area contributed by atoms with Gasteiger partial charge in [0.05, 0.1) is 6.04 Å². The minimum Gasteiger partial charge on any atom is -0.352 e. The van der Waals surface area contributed by atoms with E-state index in [-0.39, 0.29) is 23.8 Å². The van der Waals surface area contributed by atoms with Crippen molar-refractivity contribution in [2.75, 3.05) is 20.6 Å². The summed E-state index contributed by atoms with van der Waals surface area (Å²) in [5.74, 6) is -0.518. The maximum Gasteiger partial charge on any atom is 0.251 e. The molecular weight excluding hydrogens is 386 g/mol. The lowest BCUT2D eigenvalue weighted by atomic mass is 10.0. The smallest absolute Gasteiger partial charge is 0.251 e. The first-order chi connectivity index (χ1) is 13.7. The number of hydrogen-bond acceptors (Lipinski definition) is 3. The van der Waals surface area contributed by atoms with E-state index in [4.69, 9.17) is 11.6 Å². The molecule has 0 heterocycles. The molecule has 0 aliphatic rings. The molecule has 0 fully saturated rings. The number of aryl methyl sites for hydroxylation is 1. The maximum atomic E-state index is 12.9. The summed E-state index contributed by atoms with van der Waals surface area (Å²) in [7, 11) is 3.89. The van der Waals surface area contributed by atoms with Gasteiger partial charge in [-0.15, -0.1) is 0 Å². The summed E-state index contributed by atoms with van der Waals surface area (Å²) in [5, 5.41) is 6.51. The number of benzene rings is 2. The van der Waals surface area contributed by atoms with Crippen LogP contribution in [-0.4, -0.2) is 43.4 Å². The van der Waals surface area contributed by atoms with Crippen molar-refractivity contribution in [3.63, 3.8) is 0 Å². The number of likely N-dealkylation sites (N-methyl/N-ethyl adjacent to an activating group) is 1. The molecule has 156 valence electrons. The summed E-state index contributed by atoms with van der Waals surface area (Å²) in [6.07, 6.45) is 0. The second-order valence-corrected chi connectivity index (χ2v) is 8.21. The van der Waals surface area contributed by atoms with Gasteiger partial charge >= 0.3 is 0 Å². The summed E-state index contributed by atoms with van der Waals surface area (Å²) in [4.78, 5) is 27.5. The van der Waals surface area contributed by atoms with Gasteiger partial charge < -0.3 is 15.5 Å². The summed E-state index contributed by atoms with van der Waals surface area (Å²) >= 11 is 6.34. The molecule has 2 rings (SSSR count). The van der Waals surface area contributed by atoms with Crippen molar-refractivity contribution in [3.05, 3.63) is 70.2 Å². The van der Waals surface area contributed by atoms with Crippen molar-refractivity contribution in [2.24, 2.45) is 5.92 Å². The molecular formula is C23H30ClN3O2. The Morgan fingerprint density at radius 3 is 2.21 bits per heavy atom. The number of halogens is 1. The highest BCUT2D eigenvalue weighted by Gasteiger charge is 2.26. The van der Waals surface area contributed by atoms with Gasteiger partial charge in [-0.2, -0.15) is 0 Å². The zero-order chi connectivity index (χ0) is 21.6. The summed E-state index contributed by atoms with van der Waals surface area (Å²) in [6, 6.07) is 14.2. The lowest BCUT2D eigenvalue weighted by Gasteiger charge is -2.28. The molecule has 0 bridgehead atoms. The number of nitrogens with one attached hydrogen (secondary N) is 2. The molecule has 2 N–H and O–H groups in total. The molecule has 2 amide bonds. The number of carbonyl (C=O) groups excluding carboxylic acids is 2. The Labute approximate surface area is 178 Å². The van der Waals surface area contributed by atoms with Crippen molar-refractivity contribution in [1.29, 1.82) is 0 Å². The maximum absolute atomic E-state index is 12.9. The monoisotopic (exact) mass is 415 g/mol. The average molecular weight is 416 g/mol. The molecule has 2 aromatic carbocycles. The molecule has 0 aromatic heterocycles. The van der Waals surface area contributed by atoms with Gasteiger partial charge in [-0.3, -0.25) is 9.59 Å². The lowest BCUT2D eigenvalue weighted by molar-refractivity contribution is -0.124. The van der Waals surface area contributed by atoms with E-state index >= 15 is 0 Å². The topological polar surface area (TPSA) is 61.4 Å². The summed E-state index contributed by atoms with van der Waals surface area (Å²) in [5.41, 5.74) is 2.56. The number of carbonyl (C=O) groups is 2. The van der Waals surface area contributed by atoms with Crippen molar-refractivity contribution in [1.82, 2.24) is 15.5 Å². The Kier molecular flexibility index (Phi) is 8.23. The molecule has 0 saturated carbocycles. The van der Waals surface area contributed by atoms with Crippen LogP contribution in [0.2, 0.25) is 5.02 Å². The van der Waals surface area contributed by atoms with Crippen LogP contribution in [0.1, 0.15) is 41.4 Å². The predicted octanol–water partition coefficient (Wildman–Crippen LogP) is 3.82. The fourth-order valence-corrected chi connectivity index (χ4v) is 3.35. The number of nitrogens with zero attached hydrogens (tertiary/aromatic N) is 1. The first-order valence-electron chi connectivity index (χ1n) is 9.76. The van der Waals surface area contributed by atoms with Gasteiger partial charge in [0.2, 0.25) is 5.91 Å². The van der Waals surface area contributed by atoms with Crippen LogP contribution in [0.3, 0.4) is 0 Å². The van der Waals surface area contributed by atoms with E-state index in [9.17, 15) is 9.59 Å². The second-order valence-electron chi connectivity index (χ2n) is 7.81. The Morgan fingerprint density at radius 1 is 1.03 bits per heavy atom. The van der Waals surface area contributed by atoms with E-state index in [2.05, 4.69) is 10.6 Å². The molecule has 6 heteroatoms. The molecule has 0 aliphatic heterocycles. The van der Waals surface area contributed by atoms with Gasteiger partial charge in [-0.05, 0) is 50.7 Å². The van der Waals surface area contributed by atoms with Crippen molar-refractivity contribution in [2.45, 2.75) is 32.9 Å². The van der Waals surface area contributed by atoms with Gasteiger partial charge in [0.15, 0.2) is 0 Å². The molecule has 0 saturated heterocycles. The summed E-state index contributed by atoms with van der Waals surface area (Å²) < 4.78 is 0. The second kappa shape index (κ2) is 10.4. The summed E-state index contributed by atoms with van der Waals surface area (Å²) in [6.45, 7) is 6.18. The minimum absolute atomic E-state index is 0.0532. The molecule has 2 aromatic rings. The predicted molar refractivity (Wildman–Crippen MR) is 118 cm³/mol. The van der Waals surface area contributed by atoms with Crippen LogP contribution in [0, 0.1) is 12.8 Å². The van der Waals surface area contributed by atoms with Gasteiger partial charge in [-0.25, -0.2) is 0 Å². The van der Waals surface area contributed by atoms with Crippen LogP contribution in [0.15, 0.2) is 48.5 Å². The lowest BCUT2D eigenvalue weighted by Crippen LogP contribution is -2.51. The SMILES string of the molecule is Cc1ccc(C(=O)N[C@@H](C(=O)NC[C@@H](c2ccccc2Cl)N(C)C)C(C)C)cc1. The molecule has 0 aliphatic carbocycles. The zero-order valence-electron chi connectivity index (χ0n) is 17.7. The van der Waals surface area contributed by atoms with Gasteiger partial charge in [-0.1, -0.05) is 61.3 Å². The van der Waals surface area contributed by atoms with E-state index in [1.807, 2.05) is 76.2 Å². The Balaban J connectivity index is 2.07. The third-order valence-electron chi connectivity index (χ3n) is 4.91. The van der Waals surface area contributed by atoms with E-state index in [1.54, 1.807) is 12.1 Å². The molecule has 5 nitrogen and oxygen atoms in total. The van der Waals surface area contributed by atoms with Crippen LogP contribution < -0.4 is 10.6 Å². The van der Waals surface area contributed by atoms with Crippen molar-refractivity contribution >= 4 is 23.4 Å². The van der Waals surface area contributed by atoms with Gasteiger partial charge in [0.1, 0.15) is 6.04 Å².